The zero-order valence-corrected chi connectivity index (χ0v) is 20.4. The van der Waals surface area contributed by atoms with Crippen LogP contribution < -0.4 is 16.1 Å². The van der Waals surface area contributed by atoms with E-state index >= 15 is 0 Å². The molecule has 0 saturated carbocycles. The molecule has 0 fully saturated rings. The van der Waals surface area contributed by atoms with Gasteiger partial charge in [0.25, 0.3) is 5.56 Å². The van der Waals surface area contributed by atoms with Gasteiger partial charge in [0.15, 0.2) is 0 Å². The van der Waals surface area contributed by atoms with Crippen molar-refractivity contribution in [1.82, 2.24) is 18.9 Å². The van der Waals surface area contributed by atoms with Crippen LogP contribution in [-0.4, -0.2) is 25.3 Å². The maximum absolute atomic E-state index is 13.7. The van der Waals surface area contributed by atoms with E-state index in [2.05, 4.69) is 4.99 Å². The molecule has 6 rings (SSSR count). The lowest BCUT2D eigenvalue weighted by molar-refractivity contribution is 0.651. The SMILES string of the molecule is Cn1c2c(c(=O)n(C)c1=O)C(c1cn(-c3ccccc3)nc1-c1ccccc1)N(c1ccccc1)C=N2. The third-order valence-electron chi connectivity index (χ3n) is 6.68. The van der Waals surface area contributed by atoms with Gasteiger partial charge < -0.3 is 4.90 Å². The van der Waals surface area contributed by atoms with Gasteiger partial charge in [-0.25, -0.2) is 14.5 Å². The first-order valence-electron chi connectivity index (χ1n) is 11.9. The molecule has 5 aromatic rings. The number of rotatable bonds is 4. The fourth-order valence-corrected chi connectivity index (χ4v) is 4.82. The summed E-state index contributed by atoms with van der Waals surface area (Å²) in [6.07, 6.45) is 3.65. The Balaban J connectivity index is 1.68. The zero-order chi connectivity index (χ0) is 25.5. The largest absolute Gasteiger partial charge is 0.332 e. The summed E-state index contributed by atoms with van der Waals surface area (Å²) in [5.41, 5.74) is 3.87. The van der Waals surface area contributed by atoms with E-state index in [1.165, 1.54) is 11.6 Å². The summed E-state index contributed by atoms with van der Waals surface area (Å²) in [5, 5.41) is 4.99. The fourth-order valence-electron chi connectivity index (χ4n) is 4.82. The number of aromatic nitrogens is 4. The molecule has 0 bridgehead atoms. The van der Waals surface area contributed by atoms with Gasteiger partial charge in [-0.3, -0.25) is 13.9 Å². The Morgan fingerprint density at radius 1 is 0.730 bits per heavy atom. The Morgan fingerprint density at radius 3 is 1.97 bits per heavy atom. The lowest BCUT2D eigenvalue weighted by atomic mass is 9.94. The lowest BCUT2D eigenvalue weighted by Crippen LogP contribution is -2.44. The smallest absolute Gasteiger partial charge is 0.320 e. The van der Waals surface area contributed by atoms with Crippen LogP contribution in [0.1, 0.15) is 17.2 Å². The summed E-state index contributed by atoms with van der Waals surface area (Å²) >= 11 is 0. The quantitative estimate of drug-likeness (QED) is 0.380. The van der Waals surface area contributed by atoms with Crippen molar-refractivity contribution in [2.24, 2.45) is 19.1 Å². The van der Waals surface area contributed by atoms with Crippen LogP contribution >= 0.6 is 0 Å². The average Bonchev–Trinajstić information content (AvgIpc) is 3.41. The molecule has 1 aliphatic heterocycles. The molecule has 0 saturated heterocycles. The second kappa shape index (κ2) is 8.91. The molecule has 3 heterocycles. The van der Waals surface area contributed by atoms with E-state index in [0.717, 1.165) is 32.8 Å². The topological polar surface area (TPSA) is 77.4 Å². The van der Waals surface area contributed by atoms with Gasteiger partial charge in [-0.15, -0.1) is 0 Å². The summed E-state index contributed by atoms with van der Waals surface area (Å²) in [6.45, 7) is 0. The van der Waals surface area contributed by atoms with Gasteiger partial charge in [-0.05, 0) is 24.3 Å². The Bertz CT molecular complexity index is 1730. The highest BCUT2D eigenvalue weighted by Crippen LogP contribution is 2.41. The van der Waals surface area contributed by atoms with Crippen LogP contribution in [0.5, 0.6) is 0 Å². The molecule has 0 N–H and O–H groups in total. The number of para-hydroxylation sites is 2. The van der Waals surface area contributed by atoms with Crippen molar-refractivity contribution in [3.05, 3.63) is 129 Å². The number of hydrogen-bond donors (Lipinski definition) is 0. The van der Waals surface area contributed by atoms with E-state index in [0.29, 0.717) is 11.4 Å². The van der Waals surface area contributed by atoms with Gasteiger partial charge in [0.1, 0.15) is 5.82 Å². The molecule has 2 aromatic heterocycles. The summed E-state index contributed by atoms with van der Waals surface area (Å²) in [7, 11) is 3.14. The monoisotopic (exact) mass is 488 g/mol. The number of fused-ring (bicyclic) bond motifs is 1. The van der Waals surface area contributed by atoms with E-state index in [4.69, 9.17) is 5.10 Å². The molecule has 0 aliphatic carbocycles. The minimum Gasteiger partial charge on any atom is -0.320 e. The van der Waals surface area contributed by atoms with E-state index in [9.17, 15) is 9.59 Å². The number of hydrogen-bond acceptors (Lipinski definition) is 5. The lowest BCUT2D eigenvalue weighted by Gasteiger charge is -2.34. The highest BCUT2D eigenvalue weighted by Gasteiger charge is 2.36. The Hall–Kier alpha value is -4.98. The average molecular weight is 489 g/mol. The molecule has 3 aromatic carbocycles. The highest BCUT2D eigenvalue weighted by molar-refractivity contribution is 5.87. The van der Waals surface area contributed by atoms with Gasteiger partial charge in [0.05, 0.1) is 29.3 Å². The van der Waals surface area contributed by atoms with E-state index in [1.54, 1.807) is 13.4 Å². The normalized spacial score (nSPS) is 14.5. The Kier molecular flexibility index (Phi) is 5.41. The minimum atomic E-state index is -0.576. The van der Waals surface area contributed by atoms with Crippen molar-refractivity contribution >= 4 is 17.8 Å². The first kappa shape index (κ1) is 22.5. The summed E-state index contributed by atoms with van der Waals surface area (Å²) in [6, 6.07) is 29.0. The maximum Gasteiger partial charge on any atom is 0.332 e. The van der Waals surface area contributed by atoms with Crippen LogP contribution in [0, 0.1) is 0 Å². The predicted molar refractivity (Wildman–Crippen MR) is 145 cm³/mol. The molecule has 1 atom stereocenters. The third kappa shape index (κ3) is 3.70. The minimum absolute atomic E-state index is 0.344. The van der Waals surface area contributed by atoms with Crippen molar-refractivity contribution in [3.8, 4) is 16.9 Å². The Labute approximate surface area is 213 Å². The first-order valence-corrected chi connectivity index (χ1v) is 11.9. The van der Waals surface area contributed by atoms with Crippen molar-refractivity contribution in [2.75, 3.05) is 4.90 Å². The third-order valence-corrected chi connectivity index (χ3v) is 6.68. The van der Waals surface area contributed by atoms with Crippen LogP contribution in [0.25, 0.3) is 16.9 Å². The standard InChI is InChI=1S/C29H24N6O2/c1-32-27-24(28(36)33(2)29(32)37)26(34(19-30-27)21-14-8-4-9-15-21)23-18-35(22-16-10-5-11-17-22)31-25(23)20-12-6-3-7-13-20/h3-19,26H,1-2H3. The molecule has 0 spiro atoms. The summed E-state index contributed by atoms with van der Waals surface area (Å²) in [5.74, 6) is 0.344. The first-order chi connectivity index (χ1) is 18.0. The predicted octanol–water partition coefficient (Wildman–Crippen LogP) is 4.21. The molecule has 1 unspecified atom stereocenters. The van der Waals surface area contributed by atoms with Gasteiger partial charge in [-0.2, -0.15) is 5.10 Å². The molecule has 0 amide bonds. The van der Waals surface area contributed by atoms with Gasteiger partial charge >= 0.3 is 5.69 Å². The van der Waals surface area contributed by atoms with Crippen LogP contribution in [0.15, 0.2) is 112 Å². The number of benzene rings is 3. The van der Waals surface area contributed by atoms with Crippen molar-refractivity contribution in [2.45, 2.75) is 6.04 Å². The maximum atomic E-state index is 13.7. The molecular formula is C29H24N6O2. The van der Waals surface area contributed by atoms with Gasteiger partial charge in [0.2, 0.25) is 0 Å². The molecule has 8 heteroatoms. The fraction of sp³-hybridized carbons (Fsp3) is 0.103. The molecule has 0 radical (unpaired) electrons. The molecular weight excluding hydrogens is 464 g/mol. The molecule has 37 heavy (non-hydrogen) atoms. The van der Waals surface area contributed by atoms with Gasteiger partial charge in [0, 0.05) is 37.1 Å². The van der Waals surface area contributed by atoms with E-state index < -0.39 is 11.7 Å². The molecule has 182 valence electrons. The van der Waals surface area contributed by atoms with E-state index in [-0.39, 0.29) is 5.56 Å². The van der Waals surface area contributed by atoms with E-state index in [1.807, 2.05) is 107 Å². The highest BCUT2D eigenvalue weighted by atomic mass is 16.2. The molecule has 1 aliphatic rings. The van der Waals surface area contributed by atoms with Crippen molar-refractivity contribution in [1.29, 1.82) is 0 Å². The van der Waals surface area contributed by atoms with Crippen LogP contribution in [0.2, 0.25) is 0 Å². The zero-order valence-electron chi connectivity index (χ0n) is 20.4. The molecule has 8 nitrogen and oxygen atoms in total. The second-order valence-electron chi connectivity index (χ2n) is 8.91. The number of nitrogens with zero attached hydrogens (tertiary/aromatic N) is 6. The van der Waals surface area contributed by atoms with Crippen LogP contribution in [0.3, 0.4) is 0 Å². The van der Waals surface area contributed by atoms with Gasteiger partial charge in [-0.1, -0.05) is 66.7 Å². The summed E-state index contributed by atoms with van der Waals surface area (Å²) in [4.78, 5) is 33.0. The van der Waals surface area contributed by atoms with Crippen molar-refractivity contribution < 1.29 is 0 Å². The number of aliphatic imine (C=N–C) groups is 1. The van der Waals surface area contributed by atoms with Crippen LogP contribution in [-0.2, 0) is 14.1 Å². The summed E-state index contributed by atoms with van der Waals surface area (Å²) < 4.78 is 4.39. The van der Waals surface area contributed by atoms with Crippen molar-refractivity contribution in [3.63, 3.8) is 0 Å². The second-order valence-corrected chi connectivity index (χ2v) is 8.91. The van der Waals surface area contributed by atoms with Crippen LogP contribution in [0.4, 0.5) is 11.5 Å². The number of anilines is 1. The Morgan fingerprint density at radius 2 is 1.32 bits per heavy atom.